The average Bonchev–Trinajstić information content (AvgIpc) is 3.18. The Bertz CT molecular complexity index is 1430. The van der Waals surface area contributed by atoms with E-state index in [4.69, 9.17) is 11.6 Å². The summed E-state index contributed by atoms with van der Waals surface area (Å²) in [4.78, 5) is 28.8. The predicted octanol–water partition coefficient (Wildman–Crippen LogP) is 6.53. The number of alkyl halides is 2. The molecule has 0 aliphatic heterocycles. The minimum atomic E-state index is -2.89. The van der Waals surface area contributed by atoms with Crippen molar-refractivity contribution in [3.05, 3.63) is 88.2 Å². The van der Waals surface area contributed by atoms with Crippen LogP contribution in [0.2, 0.25) is 5.02 Å². The first-order valence-corrected chi connectivity index (χ1v) is 11.9. The highest BCUT2D eigenvalue weighted by atomic mass is 35.5. The van der Waals surface area contributed by atoms with Gasteiger partial charge in [0.15, 0.2) is 5.78 Å². The van der Waals surface area contributed by atoms with Crippen LogP contribution in [0.25, 0.3) is 22.2 Å². The molecule has 1 N–H and O–H groups in total. The topological polar surface area (TPSA) is 64.0 Å². The number of halogens is 3. The number of aromatic nitrogens is 2. The molecule has 186 valence electrons. The van der Waals surface area contributed by atoms with Crippen molar-refractivity contribution in [1.29, 1.82) is 0 Å². The first kappa shape index (κ1) is 25.5. The van der Waals surface area contributed by atoms with Gasteiger partial charge in [-0.25, -0.2) is 8.78 Å². The standard InChI is InChI=1S/C28H26ClF2N3O2/c1-16(2)28(36)33-15-18-11-22(26(27(30)31)32-14-18)25(35)12-17-4-9-23-20(10-17)13-24(34(23)3)19-5-7-21(29)8-6-19/h4-11,13-14,16,27H,12,15H2,1-3H3,(H,33,36). The van der Waals surface area contributed by atoms with Gasteiger partial charge in [0, 0.05) is 59.3 Å². The summed E-state index contributed by atoms with van der Waals surface area (Å²) < 4.78 is 29.3. The fourth-order valence-electron chi connectivity index (χ4n) is 4.09. The third-order valence-electron chi connectivity index (χ3n) is 6.08. The summed E-state index contributed by atoms with van der Waals surface area (Å²) in [5, 5.41) is 4.31. The number of amides is 1. The van der Waals surface area contributed by atoms with Gasteiger partial charge in [0.2, 0.25) is 5.91 Å². The molecular formula is C28H26ClF2N3O2. The van der Waals surface area contributed by atoms with E-state index in [9.17, 15) is 18.4 Å². The van der Waals surface area contributed by atoms with Gasteiger partial charge in [-0.1, -0.05) is 43.6 Å². The van der Waals surface area contributed by atoms with Crippen molar-refractivity contribution < 1.29 is 18.4 Å². The maximum atomic E-state index is 13.6. The molecule has 2 aromatic heterocycles. The second kappa shape index (κ2) is 10.6. The van der Waals surface area contributed by atoms with Crippen molar-refractivity contribution in [1.82, 2.24) is 14.9 Å². The van der Waals surface area contributed by atoms with Crippen LogP contribution in [0, 0.1) is 5.92 Å². The van der Waals surface area contributed by atoms with E-state index >= 15 is 0 Å². The maximum absolute atomic E-state index is 13.6. The number of aryl methyl sites for hydroxylation is 1. The van der Waals surface area contributed by atoms with Gasteiger partial charge in [0.1, 0.15) is 5.69 Å². The van der Waals surface area contributed by atoms with Gasteiger partial charge in [0.05, 0.1) is 0 Å². The molecule has 5 nitrogen and oxygen atoms in total. The predicted molar refractivity (Wildman–Crippen MR) is 137 cm³/mol. The van der Waals surface area contributed by atoms with Crippen molar-refractivity contribution in [2.75, 3.05) is 0 Å². The summed E-state index contributed by atoms with van der Waals surface area (Å²) in [5.41, 5.74) is 3.49. The lowest BCUT2D eigenvalue weighted by Gasteiger charge is -2.12. The van der Waals surface area contributed by atoms with Crippen LogP contribution in [0.4, 0.5) is 8.78 Å². The van der Waals surface area contributed by atoms with Crippen LogP contribution >= 0.6 is 11.6 Å². The van der Waals surface area contributed by atoms with Gasteiger partial charge in [-0.3, -0.25) is 14.6 Å². The molecule has 0 bridgehead atoms. The Kier molecular flexibility index (Phi) is 7.50. The van der Waals surface area contributed by atoms with Crippen molar-refractivity contribution in [2.24, 2.45) is 13.0 Å². The molecule has 2 aromatic carbocycles. The van der Waals surface area contributed by atoms with Crippen molar-refractivity contribution in [2.45, 2.75) is 33.2 Å². The maximum Gasteiger partial charge on any atom is 0.281 e. The zero-order valence-electron chi connectivity index (χ0n) is 20.2. The molecule has 0 fully saturated rings. The van der Waals surface area contributed by atoms with E-state index in [0.717, 1.165) is 22.2 Å². The van der Waals surface area contributed by atoms with Crippen molar-refractivity contribution in [3.63, 3.8) is 0 Å². The number of nitrogens with zero attached hydrogens (tertiary/aromatic N) is 2. The lowest BCUT2D eigenvalue weighted by Crippen LogP contribution is -2.27. The fraction of sp³-hybridized carbons (Fsp3) is 0.250. The van der Waals surface area contributed by atoms with Crippen molar-refractivity contribution in [3.8, 4) is 11.3 Å². The smallest absolute Gasteiger partial charge is 0.281 e. The van der Waals surface area contributed by atoms with Gasteiger partial charge in [-0.2, -0.15) is 0 Å². The Labute approximate surface area is 213 Å². The third kappa shape index (κ3) is 5.46. The van der Waals surface area contributed by atoms with E-state index < -0.39 is 17.9 Å². The molecule has 0 spiro atoms. The molecule has 4 aromatic rings. The zero-order chi connectivity index (χ0) is 26.0. The second-order valence-electron chi connectivity index (χ2n) is 9.04. The quantitative estimate of drug-likeness (QED) is 0.275. The summed E-state index contributed by atoms with van der Waals surface area (Å²) in [6.45, 7) is 3.62. The largest absolute Gasteiger partial charge is 0.352 e. The SMILES string of the molecule is CC(C)C(=O)NCc1cnc(C(F)F)c(C(=O)Cc2ccc3c(c2)cc(-c2ccc(Cl)cc2)n3C)c1. The Morgan fingerprint density at radius 3 is 2.42 bits per heavy atom. The summed E-state index contributed by atoms with van der Waals surface area (Å²) in [7, 11) is 1.96. The molecule has 0 aliphatic rings. The van der Waals surface area contributed by atoms with Crippen LogP contribution in [0.1, 0.15) is 47.5 Å². The van der Waals surface area contributed by atoms with E-state index in [2.05, 4.69) is 14.9 Å². The highest BCUT2D eigenvalue weighted by molar-refractivity contribution is 6.30. The summed E-state index contributed by atoms with van der Waals surface area (Å²) in [6, 6.07) is 16.6. The lowest BCUT2D eigenvalue weighted by atomic mass is 9.99. The number of nitrogens with one attached hydrogen (secondary N) is 1. The molecule has 2 heterocycles. The molecule has 8 heteroatoms. The summed E-state index contributed by atoms with van der Waals surface area (Å²) >= 11 is 6.01. The van der Waals surface area contributed by atoms with Crippen LogP contribution in [0.3, 0.4) is 0 Å². The molecule has 0 unspecified atom stereocenters. The van der Waals surface area contributed by atoms with Gasteiger partial charge < -0.3 is 9.88 Å². The molecule has 0 saturated heterocycles. The van der Waals surface area contributed by atoms with Crippen LogP contribution in [0.5, 0.6) is 0 Å². The summed E-state index contributed by atoms with van der Waals surface area (Å²) in [5.74, 6) is -0.842. The van der Waals surface area contributed by atoms with Gasteiger partial charge >= 0.3 is 0 Å². The van der Waals surface area contributed by atoms with Gasteiger partial charge in [-0.05, 0) is 53.1 Å². The van der Waals surface area contributed by atoms with Crippen molar-refractivity contribution >= 4 is 34.2 Å². The molecule has 0 aliphatic carbocycles. The first-order valence-electron chi connectivity index (χ1n) is 11.6. The minimum absolute atomic E-state index is 0.0513. The number of hydrogen-bond acceptors (Lipinski definition) is 3. The number of ketones is 1. The number of rotatable bonds is 8. The molecule has 1 amide bonds. The van der Waals surface area contributed by atoms with Gasteiger partial charge in [-0.15, -0.1) is 0 Å². The average molecular weight is 510 g/mol. The lowest BCUT2D eigenvalue weighted by molar-refractivity contribution is -0.124. The molecule has 0 saturated carbocycles. The van der Waals surface area contributed by atoms with E-state index in [-0.39, 0.29) is 30.4 Å². The van der Waals surface area contributed by atoms with E-state index in [1.807, 2.05) is 55.6 Å². The first-order chi connectivity index (χ1) is 17.1. The Morgan fingerprint density at radius 1 is 1.03 bits per heavy atom. The summed E-state index contributed by atoms with van der Waals surface area (Å²) in [6.07, 6.45) is -1.67. The minimum Gasteiger partial charge on any atom is -0.352 e. The normalized spacial score (nSPS) is 11.4. The number of Topliss-reactive ketones (excluding diaryl/α,β-unsaturated/α-hetero) is 1. The third-order valence-corrected chi connectivity index (χ3v) is 6.34. The molecule has 0 radical (unpaired) electrons. The van der Waals surface area contributed by atoms with E-state index in [0.29, 0.717) is 16.1 Å². The second-order valence-corrected chi connectivity index (χ2v) is 9.47. The number of benzene rings is 2. The molecular weight excluding hydrogens is 484 g/mol. The Hall–Kier alpha value is -3.58. The number of carbonyl (C=O) groups excluding carboxylic acids is 2. The number of pyridine rings is 1. The van der Waals surface area contributed by atoms with Crippen LogP contribution in [0.15, 0.2) is 60.8 Å². The number of carbonyl (C=O) groups is 2. The fourth-order valence-corrected chi connectivity index (χ4v) is 4.22. The monoisotopic (exact) mass is 509 g/mol. The van der Waals surface area contributed by atoms with Crippen LogP contribution in [-0.4, -0.2) is 21.2 Å². The Morgan fingerprint density at radius 2 is 1.75 bits per heavy atom. The highest BCUT2D eigenvalue weighted by Crippen LogP contribution is 2.29. The number of hydrogen-bond donors (Lipinski definition) is 1. The molecule has 36 heavy (non-hydrogen) atoms. The molecule has 4 rings (SSSR count). The van der Waals surface area contributed by atoms with Gasteiger partial charge in [0.25, 0.3) is 6.43 Å². The number of fused-ring (bicyclic) bond motifs is 1. The zero-order valence-corrected chi connectivity index (χ0v) is 20.9. The van der Waals surface area contributed by atoms with Crippen LogP contribution < -0.4 is 5.32 Å². The molecule has 0 atom stereocenters. The highest BCUT2D eigenvalue weighted by Gasteiger charge is 2.21. The Balaban J connectivity index is 1.60. The van der Waals surface area contributed by atoms with E-state index in [1.165, 1.54) is 12.3 Å². The van der Waals surface area contributed by atoms with E-state index in [1.54, 1.807) is 13.8 Å². The van der Waals surface area contributed by atoms with Crippen LogP contribution in [-0.2, 0) is 24.8 Å².